The van der Waals surface area contributed by atoms with E-state index < -0.39 is 0 Å². The molecule has 0 aromatic rings. The van der Waals surface area contributed by atoms with Crippen LogP contribution in [0.15, 0.2) is 4.99 Å². The van der Waals surface area contributed by atoms with E-state index >= 15 is 0 Å². The van der Waals surface area contributed by atoms with Gasteiger partial charge >= 0.3 is 0 Å². The van der Waals surface area contributed by atoms with Crippen LogP contribution >= 0.6 is 0 Å². The van der Waals surface area contributed by atoms with Gasteiger partial charge in [0.1, 0.15) is 0 Å². The zero-order chi connectivity index (χ0) is 19.4. The molecule has 0 amide bonds. The lowest BCUT2D eigenvalue weighted by Gasteiger charge is -2.18. The van der Waals surface area contributed by atoms with E-state index in [-0.39, 0.29) is 0 Å². The highest BCUT2D eigenvalue weighted by Gasteiger charge is 2.15. The van der Waals surface area contributed by atoms with Gasteiger partial charge in [0.15, 0.2) is 0 Å². The second-order valence-electron chi connectivity index (χ2n) is 8.55. The molecule has 0 radical (unpaired) electrons. The smallest absolute Gasteiger partial charge is 0.0992 e. The summed E-state index contributed by atoms with van der Waals surface area (Å²) < 4.78 is 0. The summed E-state index contributed by atoms with van der Waals surface area (Å²) in [6.45, 7) is 6.53. The normalized spacial score (nSPS) is 14.1. The van der Waals surface area contributed by atoms with E-state index in [0.29, 0.717) is 0 Å². The van der Waals surface area contributed by atoms with Crippen LogP contribution in [0.1, 0.15) is 122 Å². The number of hydrogen-bond acceptors (Lipinski definition) is 2. The van der Waals surface area contributed by atoms with Gasteiger partial charge in [-0.2, -0.15) is 0 Å². The van der Waals surface area contributed by atoms with Gasteiger partial charge in [-0.25, -0.2) is 0 Å². The van der Waals surface area contributed by atoms with Gasteiger partial charge in [0.25, 0.3) is 0 Å². The third-order valence-electron chi connectivity index (χ3n) is 5.96. The molecule has 0 aromatic carbocycles. The molecule has 0 aliphatic carbocycles. The summed E-state index contributed by atoms with van der Waals surface area (Å²) in [5.74, 6) is 1.36. The molecule has 0 aromatic heterocycles. The summed E-state index contributed by atoms with van der Waals surface area (Å²) in [5.41, 5.74) is 3.97. The van der Waals surface area contributed by atoms with Gasteiger partial charge in [0.2, 0.25) is 0 Å². The van der Waals surface area contributed by atoms with Crippen LogP contribution in [0.5, 0.6) is 0 Å². The Hall–Kier alpha value is -0.570. The zero-order valence-electron chi connectivity index (χ0n) is 18.7. The number of aliphatic imine (C=N–C) groups is 1. The second-order valence-corrected chi connectivity index (χ2v) is 8.55. The van der Waals surface area contributed by atoms with Gasteiger partial charge in [-0.1, -0.05) is 110 Å². The molecule has 27 heavy (non-hydrogen) atoms. The fourth-order valence-electron chi connectivity index (χ4n) is 4.21. The monoisotopic (exact) mass is 380 g/mol. The van der Waals surface area contributed by atoms with Crippen LogP contribution in [0, 0.1) is 0 Å². The maximum Gasteiger partial charge on any atom is 0.0992 e. The highest BCUT2D eigenvalue weighted by atomic mass is 15.2. The number of quaternary nitrogens is 1. The van der Waals surface area contributed by atoms with Crippen molar-refractivity contribution in [1.82, 2.24) is 4.90 Å². The van der Waals surface area contributed by atoms with Crippen molar-refractivity contribution in [2.75, 3.05) is 26.2 Å². The van der Waals surface area contributed by atoms with Crippen LogP contribution in [0.25, 0.3) is 0 Å². The minimum atomic E-state index is 0.998. The first kappa shape index (κ1) is 24.5. The first-order valence-corrected chi connectivity index (χ1v) is 12.5. The second kappa shape index (κ2) is 18.8. The molecular formula is C24H50N3+. The van der Waals surface area contributed by atoms with E-state index in [4.69, 9.17) is 0 Å². The highest BCUT2D eigenvalue weighted by Crippen LogP contribution is 2.15. The average Bonchev–Trinajstić information content (AvgIpc) is 3.11. The molecule has 1 aliphatic rings. The molecule has 0 bridgehead atoms. The molecule has 160 valence electrons. The molecule has 0 saturated heterocycles. The Bertz CT molecular complexity index is 341. The van der Waals surface area contributed by atoms with Gasteiger partial charge in [0.05, 0.1) is 25.5 Å². The summed E-state index contributed by atoms with van der Waals surface area (Å²) in [6.07, 6.45) is 25.7. The lowest BCUT2D eigenvalue weighted by Crippen LogP contribution is -2.55. The molecule has 0 spiro atoms. The van der Waals surface area contributed by atoms with Crippen LogP contribution in [-0.4, -0.2) is 36.9 Å². The molecule has 0 saturated carbocycles. The van der Waals surface area contributed by atoms with Crippen molar-refractivity contribution in [3.63, 3.8) is 0 Å². The summed E-state index contributed by atoms with van der Waals surface area (Å²) in [7, 11) is 0. The third kappa shape index (κ3) is 14.1. The van der Waals surface area contributed by atoms with Crippen molar-refractivity contribution >= 4 is 5.84 Å². The van der Waals surface area contributed by atoms with E-state index in [1.807, 2.05) is 0 Å². The SMILES string of the molecule is CCCCCCCCCCCCCCCCCCCC1=NCCN1CC[NH3+]. The van der Waals surface area contributed by atoms with Gasteiger partial charge < -0.3 is 10.6 Å². The molecule has 3 nitrogen and oxygen atoms in total. The molecule has 0 unspecified atom stereocenters. The maximum atomic E-state index is 4.66. The molecule has 1 rings (SSSR count). The summed E-state index contributed by atoms with van der Waals surface area (Å²) >= 11 is 0. The number of nitrogens with zero attached hydrogens (tertiary/aromatic N) is 2. The minimum Gasteiger partial charge on any atom is -0.356 e. The number of unbranched alkanes of at least 4 members (excludes halogenated alkanes) is 16. The standard InChI is InChI=1S/C24H49N3/c1-2-3-4-5-6-7-8-9-10-11-12-13-14-15-16-17-18-19-24-26-21-23-27(24)22-20-25/h2-23,25H2,1H3/p+1. The van der Waals surface area contributed by atoms with Crippen LogP contribution in [-0.2, 0) is 0 Å². The van der Waals surface area contributed by atoms with Gasteiger partial charge in [-0.05, 0) is 6.42 Å². The fraction of sp³-hybridized carbons (Fsp3) is 0.958. The van der Waals surface area contributed by atoms with E-state index in [1.165, 1.54) is 121 Å². The first-order chi connectivity index (χ1) is 13.4. The van der Waals surface area contributed by atoms with Crippen LogP contribution in [0.2, 0.25) is 0 Å². The molecule has 1 aliphatic heterocycles. The van der Waals surface area contributed by atoms with Crippen LogP contribution in [0.4, 0.5) is 0 Å². The molecular weight excluding hydrogens is 330 g/mol. The van der Waals surface area contributed by atoms with E-state index in [2.05, 4.69) is 22.5 Å². The summed E-state index contributed by atoms with van der Waals surface area (Å²) in [4.78, 5) is 7.11. The quantitative estimate of drug-likeness (QED) is 0.259. The maximum absolute atomic E-state index is 4.66. The Balaban J connectivity index is 1.73. The lowest BCUT2D eigenvalue weighted by atomic mass is 10.0. The van der Waals surface area contributed by atoms with Crippen molar-refractivity contribution in [3.8, 4) is 0 Å². The molecule has 0 atom stereocenters. The van der Waals surface area contributed by atoms with Gasteiger partial charge in [-0.15, -0.1) is 0 Å². The Morgan fingerprint density at radius 1 is 0.704 bits per heavy atom. The molecule has 0 fully saturated rings. The summed E-state index contributed by atoms with van der Waals surface area (Å²) in [5, 5.41) is 0. The highest BCUT2D eigenvalue weighted by molar-refractivity contribution is 5.83. The van der Waals surface area contributed by atoms with E-state index in [1.54, 1.807) is 0 Å². The summed E-state index contributed by atoms with van der Waals surface area (Å²) in [6, 6.07) is 0. The zero-order valence-corrected chi connectivity index (χ0v) is 18.7. The largest absolute Gasteiger partial charge is 0.356 e. The molecule has 3 heteroatoms. The Labute approximate surface area is 170 Å². The van der Waals surface area contributed by atoms with E-state index in [0.717, 1.165) is 26.2 Å². The van der Waals surface area contributed by atoms with Crippen LogP contribution in [0.3, 0.4) is 0 Å². The van der Waals surface area contributed by atoms with Gasteiger partial charge in [0, 0.05) is 13.0 Å². The lowest BCUT2D eigenvalue weighted by molar-refractivity contribution is -0.367. The Morgan fingerprint density at radius 3 is 1.59 bits per heavy atom. The van der Waals surface area contributed by atoms with E-state index in [9.17, 15) is 0 Å². The predicted octanol–water partition coefficient (Wildman–Crippen LogP) is 5.98. The van der Waals surface area contributed by atoms with Crippen molar-refractivity contribution in [1.29, 1.82) is 0 Å². The minimum absolute atomic E-state index is 0.998. The molecule has 3 N–H and O–H groups in total. The predicted molar refractivity (Wildman–Crippen MR) is 120 cm³/mol. The third-order valence-corrected chi connectivity index (χ3v) is 5.96. The van der Waals surface area contributed by atoms with Gasteiger partial charge in [-0.3, -0.25) is 4.99 Å². The Kier molecular flexibility index (Phi) is 17.0. The topological polar surface area (TPSA) is 43.2 Å². The number of rotatable bonds is 20. The Morgan fingerprint density at radius 2 is 1.15 bits per heavy atom. The first-order valence-electron chi connectivity index (χ1n) is 12.5. The van der Waals surface area contributed by atoms with Crippen molar-refractivity contribution in [2.45, 2.75) is 122 Å². The van der Waals surface area contributed by atoms with Crippen molar-refractivity contribution in [2.24, 2.45) is 4.99 Å². The van der Waals surface area contributed by atoms with Crippen LogP contribution < -0.4 is 5.73 Å². The average molecular weight is 381 g/mol. The molecule has 1 heterocycles. The van der Waals surface area contributed by atoms with Crippen molar-refractivity contribution < 1.29 is 5.73 Å². The number of hydrogen-bond donors (Lipinski definition) is 1. The van der Waals surface area contributed by atoms with Crippen molar-refractivity contribution in [3.05, 3.63) is 0 Å². The number of amidine groups is 1. The fourth-order valence-corrected chi connectivity index (χ4v) is 4.21.